The van der Waals surface area contributed by atoms with Crippen LogP contribution in [0.25, 0.3) is 0 Å². The Bertz CT molecular complexity index is 701. The molecule has 0 unspecified atom stereocenters. The van der Waals surface area contributed by atoms with Gasteiger partial charge >= 0.3 is 0 Å². The van der Waals surface area contributed by atoms with Gasteiger partial charge in [-0.1, -0.05) is 17.7 Å². The van der Waals surface area contributed by atoms with Gasteiger partial charge in [-0.2, -0.15) is 0 Å². The summed E-state index contributed by atoms with van der Waals surface area (Å²) in [4.78, 5) is 0. The van der Waals surface area contributed by atoms with Crippen LogP contribution < -0.4 is 14.8 Å². The Balaban J connectivity index is 2.20. The monoisotopic (exact) mass is 331 g/mol. The van der Waals surface area contributed by atoms with Crippen molar-refractivity contribution in [2.45, 2.75) is 20.5 Å². The number of ether oxygens (including phenoxy) is 3. The Hall–Kier alpha value is -2.27. The molecule has 23 heavy (non-hydrogen) atoms. The number of nitrogens with one attached hydrogen (secondary N) is 1. The standard InChI is InChI=1S/C18H21NO3S/c1-12-5-8-17(13(2)9-12)22-11-14-10-15(20-3)6-7-16(14)19-18(23)21-4/h5-10H,11H2,1-4H3,(H,19,23). The molecule has 0 aliphatic carbocycles. The largest absolute Gasteiger partial charge is 0.497 e. The van der Waals surface area contributed by atoms with E-state index < -0.39 is 0 Å². The van der Waals surface area contributed by atoms with Gasteiger partial charge in [-0.15, -0.1) is 0 Å². The van der Waals surface area contributed by atoms with Crippen molar-refractivity contribution in [3.63, 3.8) is 0 Å². The van der Waals surface area contributed by atoms with Gasteiger partial charge in [0.15, 0.2) is 0 Å². The summed E-state index contributed by atoms with van der Waals surface area (Å²) in [5.74, 6) is 1.62. The number of rotatable bonds is 5. The number of aryl methyl sites for hydroxylation is 2. The molecular weight excluding hydrogens is 310 g/mol. The van der Waals surface area contributed by atoms with Gasteiger partial charge in [-0.05, 0) is 55.9 Å². The van der Waals surface area contributed by atoms with Gasteiger partial charge in [-0.25, -0.2) is 0 Å². The molecule has 0 amide bonds. The molecule has 0 aliphatic heterocycles. The van der Waals surface area contributed by atoms with Crippen LogP contribution >= 0.6 is 12.2 Å². The number of anilines is 1. The van der Waals surface area contributed by atoms with Crippen molar-refractivity contribution < 1.29 is 14.2 Å². The molecule has 0 saturated heterocycles. The lowest BCUT2D eigenvalue weighted by atomic mass is 10.1. The van der Waals surface area contributed by atoms with Gasteiger partial charge in [0.05, 0.1) is 14.2 Å². The van der Waals surface area contributed by atoms with Crippen molar-refractivity contribution in [2.24, 2.45) is 0 Å². The van der Waals surface area contributed by atoms with Crippen molar-refractivity contribution >= 4 is 23.1 Å². The zero-order valence-electron chi connectivity index (χ0n) is 13.8. The maximum absolute atomic E-state index is 5.95. The van der Waals surface area contributed by atoms with Gasteiger partial charge in [-0.3, -0.25) is 0 Å². The van der Waals surface area contributed by atoms with Gasteiger partial charge in [0.1, 0.15) is 18.1 Å². The van der Waals surface area contributed by atoms with Crippen molar-refractivity contribution in [3.8, 4) is 11.5 Å². The number of hydrogen-bond acceptors (Lipinski definition) is 4. The van der Waals surface area contributed by atoms with Crippen LogP contribution in [-0.2, 0) is 11.3 Å². The smallest absolute Gasteiger partial charge is 0.260 e. The molecule has 0 spiro atoms. The van der Waals surface area contributed by atoms with Crippen LogP contribution in [0.1, 0.15) is 16.7 Å². The average molecular weight is 331 g/mol. The second kappa shape index (κ2) is 7.83. The summed E-state index contributed by atoms with van der Waals surface area (Å²) in [7, 11) is 3.17. The number of benzene rings is 2. The van der Waals surface area contributed by atoms with E-state index in [1.807, 2.05) is 37.3 Å². The van der Waals surface area contributed by atoms with E-state index in [1.54, 1.807) is 7.11 Å². The molecule has 2 aromatic carbocycles. The van der Waals surface area contributed by atoms with Gasteiger partial charge in [0, 0.05) is 11.3 Å². The zero-order valence-corrected chi connectivity index (χ0v) is 14.6. The average Bonchev–Trinajstić information content (AvgIpc) is 2.55. The molecule has 0 saturated carbocycles. The molecule has 1 N–H and O–H groups in total. The van der Waals surface area contributed by atoms with Crippen molar-refractivity contribution in [3.05, 3.63) is 53.1 Å². The summed E-state index contributed by atoms with van der Waals surface area (Å²) >= 11 is 5.07. The first-order valence-electron chi connectivity index (χ1n) is 7.25. The molecule has 0 aromatic heterocycles. The molecule has 2 aromatic rings. The number of hydrogen-bond donors (Lipinski definition) is 1. The van der Waals surface area contributed by atoms with E-state index in [2.05, 4.69) is 18.3 Å². The minimum Gasteiger partial charge on any atom is -0.497 e. The quantitative estimate of drug-likeness (QED) is 0.830. The molecule has 0 heterocycles. The van der Waals surface area contributed by atoms with Crippen molar-refractivity contribution in [1.82, 2.24) is 0 Å². The van der Waals surface area contributed by atoms with E-state index in [0.29, 0.717) is 11.8 Å². The van der Waals surface area contributed by atoms with Crippen LogP contribution in [0.2, 0.25) is 0 Å². The Morgan fingerprint density at radius 3 is 2.52 bits per heavy atom. The summed E-state index contributed by atoms with van der Waals surface area (Å²) in [5, 5.41) is 3.35. The first-order valence-corrected chi connectivity index (χ1v) is 7.66. The fourth-order valence-corrected chi connectivity index (χ4v) is 2.33. The lowest BCUT2D eigenvalue weighted by Gasteiger charge is -2.15. The topological polar surface area (TPSA) is 39.7 Å². The highest BCUT2D eigenvalue weighted by Crippen LogP contribution is 2.25. The Morgan fingerprint density at radius 1 is 1.09 bits per heavy atom. The van der Waals surface area contributed by atoms with Crippen LogP contribution in [0.3, 0.4) is 0 Å². The van der Waals surface area contributed by atoms with E-state index in [-0.39, 0.29) is 0 Å². The molecule has 0 radical (unpaired) electrons. The van der Waals surface area contributed by atoms with Crippen LogP contribution in [0.5, 0.6) is 11.5 Å². The SMILES string of the molecule is COC(=S)Nc1ccc(OC)cc1COc1ccc(C)cc1C. The van der Waals surface area contributed by atoms with Crippen LogP contribution in [0, 0.1) is 13.8 Å². The molecule has 0 aliphatic rings. The first-order chi connectivity index (χ1) is 11.0. The van der Waals surface area contributed by atoms with Crippen molar-refractivity contribution in [2.75, 3.05) is 19.5 Å². The molecule has 0 bridgehead atoms. The third kappa shape index (κ3) is 4.60. The molecule has 5 heteroatoms. The predicted molar refractivity (Wildman–Crippen MR) is 96.5 cm³/mol. The van der Waals surface area contributed by atoms with Crippen LogP contribution in [0.4, 0.5) is 5.69 Å². The fourth-order valence-electron chi connectivity index (χ4n) is 2.22. The maximum atomic E-state index is 5.95. The Morgan fingerprint density at radius 2 is 1.87 bits per heavy atom. The van der Waals surface area contributed by atoms with E-state index in [0.717, 1.165) is 28.3 Å². The summed E-state index contributed by atoms with van der Waals surface area (Å²) < 4.78 is 16.2. The summed E-state index contributed by atoms with van der Waals surface area (Å²) in [6.45, 7) is 4.50. The van der Waals surface area contributed by atoms with Crippen LogP contribution in [-0.4, -0.2) is 19.4 Å². The minimum absolute atomic E-state index is 0.308. The lowest BCUT2D eigenvalue weighted by molar-refractivity contribution is 0.303. The number of thiocarbonyl (C=S) groups is 1. The minimum atomic E-state index is 0.308. The molecule has 0 fully saturated rings. The fraction of sp³-hybridized carbons (Fsp3) is 0.278. The maximum Gasteiger partial charge on any atom is 0.260 e. The van der Waals surface area contributed by atoms with Gasteiger partial charge in [0.2, 0.25) is 0 Å². The number of methoxy groups -OCH3 is 2. The first kappa shape index (κ1) is 17.1. The normalized spacial score (nSPS) is 10.1. The molecule has 0 atom stereocenters. The van der Waals surface area contributed by atoms with Crippen molar-refractivity contribution in [1.29, 1.82) is 0 Å². The summed E-state index contributed by atoms with van der Waals surface area (Å²) in [6, 6.07) is 11.8. The van der Waals surface area contributed by atoms with Gasteiger partial charge < -0.3 is 19.5 Å². The molecule has 2 rings (SSSR count). The second-order valence-electron chi connectivity index (χ2n) is 5.20. The molecule has 4 nitrogen and oxygen atoms in total. The summed E-state index contributed by atoms with van der Waals surface area (Å²) in [6.07, 6.45) is 0. The van der Waals surface area contributed by atoms with E-state index >= 15 is 0 Å². The van der Waals surface area contributed by atoms with E-state index in [1.165, 1.54) is 12.7 Å². The van der Waals surface area contributed by atoms with E-state index in [4.69, 9.17) is 26.4 Å². The summed E-state index contributed by atoms with van der Waals surface area (Å²) in [5.41, 5.74) is 4.09. The molecular formula is C18H21NO3S. The molecule has 122 valence electrons. The highest BCUT2D eigenvalue weighted by molar-refractivity contribution is 7.80. The van der Waals surface area contributed by atoms with Crippen LogP contribution in [0.15, 0.2) is 36.4 Å². The third-order valence-electron chi connectivity index (χ3n) is 3.45. The highest BCUT2D eigenvalue weighted by atomic mass is 32.1. The van der Waals surface area contributed by atoms with Gasteiger partial charge in [0.25, 0.3) is 5.17 Å². The lowest BCUT2D eigenvalue weighted by Crippen LogP contribution is -2.13. The Labute approximate surface area is 142 Å². The third-order valence-corrected chi connectivity index (χ3v) is 3.72. The zero-order chi connectivity index (χ0) is 16.8. The Kier molecular flexibility index (Phi) is 5.82. The highest BCUT2D eigenvalue weighted by Gasteiger charge is 2.09. The second-order valence-corrected chi connectivity index (χ2v) is 5.57. The van der Waals surface area contributed by atoms with E-state index in [9.17, 15) is 0 Å². The predicted octanol–water partition coefficient (Wildman–Crippen LogP) is 4.23.